The molecular weight excluding hydrogens is 532 g/mol. The molecule has 3 N–H and O–H groups in total. The van der Waals surface area contributed by atoms with Crippen LogP contribution in [0.4, 0.5) is 11.4 Å². The molecule has 0 bridgehead atoms. The fourth-order valence-corrected chi connectivity index (χ4v) is 4.11. The number of fused-ring (bicyclic) bond motifs is 1. The van der Waals surface area contributed by atoms with E-state index in [0.717, 1.165) is 4.90 Å². The van der Waals surface area contributed by atoms with E-state index >= 15 is 0 Å². The van der Waals surface area contributed by atoms with Gasteiger partial charge in [0.2, 0.25) is 17.6 Å². The van der Waals surface area contributed by atoms with Gasteiger partial charge in [0.05, 0.1) is 30.4 Å². The molecule has 1 heterocycles. The highest BCUT2D eigenvalue weighted by Crippen LogP contribution is 2.32. The molecule has 1 aliphatic rings. The topological polar surface area (TPSA) is 170 Å². The van der Waals surface area contributed by atoms with Crippen LogP contribution in [0.1, 0.15) is 18.9 Å². The van der Waals surface area contributed by atoms with E-state index in [1.165, 1.54) is 17.9 Å². The van der Waals surface area contributed by atoms with E-state index in [2.05, 4.69) is 10.6 Å². The molecule has 0 spiro atoms. The van der Waals surface area contributed by atoms with Crippen LogP contribution in [-0.4, -0.2) is 71.9 Å². The molecule has 3 rings (SSSR count). The first-order valence-corrected chi connectivity index (χ1v) is 12.1. The maximum absolute atomic E-state index is 13.6. The monoisotopic (exact) mass is 556 g/mol. The molecule has 0 saturated heterocycles. The number of halogens is 1. The fourth-order valence-electron chi connectivity index (χ4n) is 3.98. The molecule has 204 valence electrons. The number of Topliss-reactive ketones (excluding diaryl/α,β-unsaturated/α-hetero) is 1. The van der Waals surface area contributed by atoms with Gasteiger partial charge in [-0.15, -0.1) is 0 Å². The number of nitrogens with zero attached hydrogens (tertiary/aromatic N) is 2. The zero-order valence-corrected chi connectivity index (χ0v) is 21.5. The summed E-state index contributed by atoms with van der Waals surface area (Å²) in [5, 5.41) is 14.0. The molecule has 2 atom stereocenters. The third-order valence-corrected chi connectivity index (χ3v) is 6.07. The van der Waals surface area contributed by atoms with Crippen molar-refractivity contribution in [3.8, 4) is 0 Å². The summed E-state index contributed by atoms with van der Waals surface area (Å²) in [4.78, 5) is 88.6. The minimum Gasteiger partial charge on any atom is -0.481 e. The number of carbonyl (C=O) groups excluding carboxylic acids is 6. The van der Waals surface area contributed by atoms with Gasteiger partial charge in [-0.1, -0.05) is 35.9 Å². The number of carboxylic acids is 1. The number of para-hydroxylation sites is 2. The molecule has 0 radical (unpaired) electrons. The predicted molar refractivity (Wildman–Crippen MR) is 139 cm³/mol. The first-order chi connectivity index (χ1) is 18.5. The lowest BCUT2D eigenvalue weighted by Crippen LogP contribution is -2.55. The van der Waals surface area contributed by atoms with Crippen LogP contribution in [0.2, 0.25) is 5.02 Å². The summed E-state index contributed by atoms with van der Waals surface area (Å²) < 4.78 is 0. The van der Waals surface area contributed by atoms with Gasteiger partial charge in [0, 0.05) is 18.4 Å². The van der Waals surface area contributed by atoms with Crippen molar-refractivity contribution in [3.63, 3.8) is 0 Å². The van der Waals surface area contributed by atoms with E-state index in [-0.39, 0.29) is 30.6 Å². The smallest absolute Gasteiger partial charge is 0.305 e. The lowest BCUT2D eigenvalue weighted by atomic mass is 10.1. The van der Waals surface area contributed by atoms with Crippen LogP contribution in [0.3, 0.4) is 0 Å². The summed E-state index contributed by atoms with van der Waals surface area (Å²) in [6, 6.07) is 9.76. The van der Waals surface area contributed by atoms with Crippen LogP contribution in [0.15, 0.2) is 48.5 Å². The molecule has 0 aliphatic carbocycles. The molecule has 1 aliphatic heterocycles. The molecular formula is C26H25ClN4O8. The number of nitrogens with one attached hydrogen (secondary N) is 2. The highest BCUT2D eigenvalue weighted by molar-refractivity contribution is 6.37. The van der Waals surface area contributed by atoms with Crippen molar-refractivity contribution in [1.29, 1.82) is 0 Å². The average Bonchev–Trinajstić information content (AvgIpc) is 3.00. The first-order valence-electron chi connectivity index (χ1n) is 11.7. The molecule has 0 aromatic heterocycles. The van der Waals surface area contributed by atoms with Gasteiger partial charge in [-0.2, -0.15) is 0 Å². The molecule has 2 aromatic carbocycles. The molecule has 4 amide bonds. The number of carbonyl (C=O) groups is 7. The Hall–Kier alpha value is -4.58. The lowest BCUT2D eigenvalue weighted by Gasteiger charge is -2.25. The van der Waals surface area contributed by atoms with Crippen LogP contribution in [0.5, 0.6) is 0 Å². The maximum Gasteiger partial charge on any atom is 0.305 e. The number of anilines is 2. The van der Waals surface area contributed by atoms with Crippen molar-refractivity contribution in [2.24, 2.45) is 0 Å². The number of ketones is 1. The second-order valence-corrected chi connectivity index (χ2v) is 9.14. The van der Waals surface area contributed by atoms with Crippen molar-refractivity contribution < 1.29 is 38.7 Å². The number of aldehydes is 1. The maximum atomic E-state index is 13.6. The minimum atomic E-state index is -1.41. The Bertz CT molecular complexity index is 1310. The number of hydrogen-bond acceptors (Lipinski definition) is 7. The zero-order chi connectivity index (χ0) is 28.7. The largest absolute Gasteiger partial charge is 0.481 e. The van der Waals surface area contributed by atoms with Gasteiger partial charge < -0.3 is 25.4 Å². The number of rotatable bonds is 10. The van der Waals surface area contributed by atoms with Crippen molar-refractivity contribution in [2.45, 2.75) is 31.8 Å². The highest BCUT2D eigenvalue weighted by atomic mass is 35.5. The van der Waals surface area contributed by atoms with Crippen LogP contribution >= 0.6 is 11.6 Å². The number of aliphatic carboxylic acids is 1. The van der Waals surface area contributed by atoms with Gasteiger partial charge in [0.1, 0.15) is 18.9 Å². The molecule has 39 heavy (non-hydrogen) atoms. The Morgan fingerprint density at radius 3 is 2.31 bits per heavy atom. The third-order valence-electron chi connectivity index (χ3n) is 5.82. The van der Waals surface area contributed by atoms with Gasteiger partial charge in [-0.05, 0) is 29.8 Å². The van der Waals surface area contributed by atoms with E-state index < -0.39 is 60.4 Å². The van der Waals surface area contributed by atoms with E-state index in [1.54, 1.807) is 42.5 Å². The van der Waals surface area contributed by atoms with Gasteiger partial charge in [0.15, 0.2) is 0 Å². The van der Waals surface area contributed by atoms with Gasteiger partial charge in [0.25, 0.3) is 11.8 Å². The number of carboxylic acid groups (broad SMARTS) is 1. The second-order valence-electron chi connectivity index (χ2n) is 8.70. The molecule has 0 unspecified atom stereocenters. The van der Waals surface area contributed by atoms with Crippen LogP contribution in [-0.2, 0) is 40.0 Å². The number of amides is 4. The number of hydrogen-bond donors (Lipinski definition) is 3. The number of benzene rings is 2. The molecule has 0 saturated carbocycles. The fraction of sp³-hybridized carbons (Fsp3) is 0.269. The van der Waals surface area contributed by atoms with Crippen LogP contribution in [0, 0.1) is 0 Å². The normalized spacial score (nSPS) is 15.4. The Morgan fingerprint density at radius 2 is 1.72 bits per heavy atom. The Labute approximate surface area is 227 Å². The third kappa shape index (κ3) is 7.48. The van der Waals surface area contributed by atoms with E-state index in [9.17, 15) is 33.6 Å². The molecule has 13 heteroatoms. The van der Waals surface area contributed by atoms with Gasteiger partial charge in [-0.25, -0.2) is 0 Å². The average molecular weight is 557 g/mol. The SMILES string of the molecule is CC(=O)N1C[C@H](NC(=O)C(=O)Cc2ccc(Cl)cc2)C(=O)N(CC(=O)N[C@H](C=O)CC(=O)O)c2ccccc21. The Kier molecular flexibility index (Phi) is 9.50. The minimum absolute atomic E-state index is 0.165. The lowest BCUT2D eigenvalue weighted by molar-refractivity contribution is -0.139. The Morgan fingerprint density at radius 1 is 1.08 bits per heavy atom. The summed E-state index contributed by atoms with van der Waals surface area (Å²) >= 11 is 5.85. The molecule has 12 nitrogen and oxygen atoms in total. The van der Waals surface area contributed by atoms with Crippen molar-refractivity contribution >= 4 is 64.6 Å². The first kappa shape index (κ1) is 29.0. The predicted octanol–water partition coefficient (Wildman–Crippen LogP) is 0.495. The van der Waals surface area contributed by atoms with Crippen molar-refractivity contribution in [3.05, 3.63) is 59.1 Å². The van der Waals surface area contributed by atoms with Crippen LogP contribution < -0.4 is 20.4 Å². The molecule has 0 fully saturated rings. The second kappa shape index (κ2) is 12.8. The quantitative estimate of drug-likeness (QED) is 0.280. The Balaban J connectivity index is 1.87. The van der Waals surface area contributed by atoms with Crippen molar-refractivity contribution in [1.82, 2.24) is 10.6 Å². The standard InChI is InChI=1S/C26H25ClN4O8/c1-15(33)30-12-19(29-25(38)22(34)10-16-6-8-17(27)9-7-16)26(39)31(21-5-3-2-4-20(21)30)13-23(35)28-18(14-32)11-24(36)37/h2-9,14,18-19H,10-13H2,1H3,(H,28,35)(H,29,38)(H,36,37)/t18-,19-/m0/s1. The summed E-state index contributed by atoms with van der Waals surface area (Å²) in [7, 11) is 0. The van der Waals surface area contributed by atoms with Crippen molar-refractivity contribution in [2.75, 3.05) is 22.9 Å². The van der Waals surface area contributed by atoms with Crippen LogP contribution in [0.25, 0.3) is 0 Å². The van der Waals surface area contributed by atoms with E-state index in [1.807, 2.05) is 0 Å². The van der Waals surface area contributed by atoms with Gasteiger partial charge in [-0.3, -0.25) is 33.7 Å². The summed E-state index contributed by atoms with van der Waals surface area (Å²) in [6.07, 6.45) is -0.660. The molecule has 2 aromatic rings. The zero-order valence-electron chi connectivity index (χ0n) is 20.8. The summed E-state index contributed by atoms with van der Waals surface area (Å²) in [5.74, 6) is -5.33. The van der Waals surface area contributed by atoms with E-state index in [4.69, 9.17) is 16.7 Å². The summed E-state index contributed by atoms with van der Waals surface area (Å²) in [5.41, 5.74) is 0.958. The highest BCUT2D eigenvalue weighted by Gasteiger charge is 2.37. The van der Waals surface area contributed by atoms with E-state index in [0.29, 0.717) is 10.6 Å². The summed E-state index contributed by atoms with van der Waals surface area (Å²) in [6.45, 7) is 0.282. The van der Waals surface area contributed by atoms with Gasteiger partial charge >= 0.3 is 5.97 Å².